The molecule has 1 saturated carbocycles. The van der Waals surface area contributed by atoms with Gasteiger partial charge in [-0.05, 0) is 46.5 Å². The smallest absolute Gasteiger partial charge is 0.392 e. The molecule has 18 heavy (non-hydrogen) atoms. The highest BCUT2D eigenvalue weighted by molar-refractivity contribution is 5.83. The number of carbonyl (C=O) groups is 1. The summed E-state index contributed by atoms with van der Waals surface area (Å²) in [5.74, 6) is -1.87. The monoisotopic (exact) mass is 264 g/mol. The zero-order valence-electron chi connectivity index (χ0n) is 10.9. The Bertz CT molecular complexity index is 337. The number of alkyl halides is 3. The van der Waals surface area contributed by atoms with Crippen molar-refractivity contribution in [2.45, 2.75) is 58.2 Å². The van der Waals surface area contributed by atoms with E-state index in [1.165, 1.54) is 6.08 Å². The highest BCUT2D eigenvalue weighted by Crippen LogP contribution is 2.39. The lowest BCUT2D eigenvalue weighted by atomic mass is 9.85. The molecule has 1 aliphatic rings. The van der Waals surface area contributed by atoms with Gasteiger partial charge in [-0.15, -0.1) is 0 Å². The van der Waals surface area contributed by atoms with Crippen molar-refractivity contribution in [3.63, 3.8) is 0 Å². The third kappa shape index (κ3) is 5.10. The van der Waals surface area contributed by atoms with Crippen molar-refractivity contribution in [2.24, 2.45) is 5.92 Å². The first kappa shape index (κ1) is 15.1. The summed E-state index contributed by atoms with van der Waals surface area (Å²) in [7, 11) is 0. The van der Waals surface area contributed by atoms with Crippen LogP contribution >= 0.6 is 0 Å². The molecule has 0 aromatic heterocycles. The number of hydrogen-bond acceptors (Lipinski definition) is 2. The predicted octanol–water partition coefficient (Wildman–Crippen LogP) is 4.01. The Kier molecular flexibility index (Phi) is 4.46. The fourth-order valence-corrected chi connectivity index (χ4v) is 2.00. The summed E-state index contributed by atoms with van der Waals surface area (Å²) in [4.78, 5) is 11.5. The summed E-state index contributed by atoms with van der Waals surface area (Å²) in [6.07, 6.45) is -1.86. The van der Waals surface area contributed by atoms with Gasteiger partial charge in [0.25, 0.3) is 0 Å². The normalized spacial score (nSPS) is 24.1. The molecule has 0 radical (unpaired) electrons. The highest BCUT2D eigenvalue weighted by atomic mass is 19.4. The minimum Gasteiger partial charge on any atom is -0.457 e. The van der Waals surface area contributed by atoms with Crippen LogP contribution in [0.1, 0.15) is 46.5 Å². The minimum absolute atomic E-state index is 0.0806. The third-order valence-electron chi connectivity index (χ3n) is 2.75. The van der Waals surface area contributed by atoms with Gasteiger partial charge in [0.15, 0.2) is 0 Å². The zero-order valence-corrected chi connectivity index (χ0v) is 10.9. The highest BCUT2D eigenvalue weighted by Gasteiger charge is 2.40. The number of esters is 1. The molecule has 104 valence electrons. The van der Waals surface area contributed by atoms with Crippen molar-refractivity contribution in [2.75, 3.05) is 0 Å². The van der Waals surface area contributed by atoms with E-state index in [0.29, 0.717) is 18.4 Å². The molecule has 1 fully saturated rings. The Morgan fingerprint density at radius 3 is 2.44 bits per heavy atom. The Labute approximate surface area is 105 Å². The van der Waals surface area contributed by atoms with E-state index in [2.05, 4.69) is 0 Å². The molecule has 0 heterocycles. The third-order valence-corrected chi connectivity index (χ3v) is 2.75. The summed E-state index contributed by atoms with van der Waals surface area (Å²) < 4.78 is 42.8. The molecule has 0 N–H and O–H groups in total. The Hall–Kier alpha value is -1.00. The van der Waals surface area contributed by atoms with Gasteiger partial charge in [0, 0.05) is 6.08 Å². The Morgan fingerprint density at radius 2 is 1.94 bits per heavy atom. The SMILES string of the molecule is CC(C)(C)OC(=O)/C=C1\CCCC(C(F)(F)F)C1. The molecule has 0 aromatic rings. The van der Waals surface area contributed by atoms with Crippen LogP contribution in [0.15, 0.2) is 11.6 Å². The second kappa shape index (κ2) is 5.33. The zero-order chi connectivity index (χ0) is 14.0. The summed E-state index contributed by atoms with van der Waals surface area (Å²) >= 11 is 0. The quantitative estimate of drug-likeness (QED) is 0.528. The molecule has 1 aliphatic carbocycles. The lowest BCUT2D eigenvalue weighted by molar-refractivity contribution is -0.178. The van der Waals surface area contributed by atoms with E-state index in [9.17, 15) is 18.0 Å². The van der Waals surface area contributed by atoms with Crippen molar-refractivity contribution >= 4 is 5.97 Å². The van der Waals surface area contributed by atoms with Gasteiger partial charge < -0.3 is 4.74 Å². The molecule has 1 atom stereocenters. The van der Waals surface area contributed by atoms with Crippen LogP contribution in [0.5, 0.6) is 0 Å². The van der Waals surface area contributed by atoms with Crippen LogP contribution in [0.2, 0.25) is 0 Å². The maximum atomic E-state index is 12.6. The Morgan fingerprint density at radius 1 is 1.33 bits per heavy atom. The number of rotatable bonds is 1. The fraction of sp³-hybridized carbons (Fsp3) is 0.769. The molecule has 0 bridgehead atoms. The van der Waals surface area contributed by atoms with Gasteiger partial charge in [0.05, 0.1) is 5.92 Å². The van der Waals surface area contributed by atoms with Crippen molar-refractivity contribution in [1.29, 1.82) is 0 Å². The van der Waals surface area contributed by atoms with Crippen molar-refractivity contribution in [3.8, 4) is 0 Å². The van der Waals surface area contributed by atoms with Gasteiger partial charge >= 0.3 is 12.1 Å². The first-order valence-corrected chi connectivity index (χ1v) is 6.07. The maximum Gasteiger partial charge on any atom is 0.392 e. The van der Waals surface area contributed by atoms with Crippen LogP contribution in [0.25, 0.3) is 0 Å². The summed E-state index contributed by atoms with van der Waals surface area (Å²) in [5, 5.41) is 0. The number of allylic oxidation sites excluding steroid dienone is 1. The molecule has 2 nitrogen and oxygen atoms in total. The second-order valence-electron chi connectivity index (χ2n) is 5.67. The van der Waals surface area contributed by atoms with Crippen LogP contribution in [-0.2, 0) is 9.53 Å². The van der Waals surface area contributed by atoms with Gasteiger partial charge in [-0.1, -0.05) is 5.57 Å². The van der Waals surface area contributed by atoms with Gasteiger partial charge in [-0.3, -0.25) is 0 Å². The topological polar surface area (TPSA) is 26.3 Å². The molecule has 0 amide bonds. The van der Waals surface area contributed by atoms with E-state index < -0.39 is 23.7 Å². The predicted molar refractivity (Wildman–Crippen MR) is 61.9 cm³/mol. The number of ether oxygens (including phenoxy) is 1. The molecule has 1 rings (SSSR count). The van der Waals surface area contributed by atoms with E-state index in [4.69, 9.17) is 4.74 Å². The average Bonchev–Trinajstić information content (AvgIpc) is 2.13. The lowest BCUT2D eigenvalue weighted by Gasteiger charge is -2.26. The van der Waals surface area contributed by atoms with Gasteiger partial charge in [-0.2, -0.15) is 13.2 Å². The maximum absolute atomic E-state index is 12.6. The van der Waals surface area contributed by atoms with Crippen molar-refractivity contribution in [1.82, 2.24) is 0 Å². The molecule has 5 heteroatoms. The van der Waals surface area contributed by atoms with E-state index in [1.807, 2.05) is 0 Å². The van der Waals surface area contributed by atoms with E-state index >= 15 is 0 Å². The number of halogens is 3. The summed E-state index contributed by atoms with van der Waals surface area (Å²) in [6, 6.07) is 0. The summed E-state index contributed by atoms with van der Waals surface area (Å²) in [5.41, 5.74) is -0.0792. The molecule has 0 saturated heterocycles. The van der Waals surface area contributed by atoms with Crippen LogP contribution < -0.4 is 0 Å². The second-order valence-corrected chi connectivity index (χ2v) is 5.67. The van der Waals surface area contributed by atoms with Crippen LogP contribution in [0.3, 0.4) is 0 Å². The van der Waals surface area contributed by atoms with Crippen molar-refractivity contribution in [3.05, 3.63) is 11.6 Å². The van der Waals surface area contributed by atoms with Gasteiger partial charge in [0.2, 0.25) is 0 Å². The molecule has 1 unspecified atom stereocenters. The summed E-state index contributed by atoms with van der Waals surface area (Å²) in [6.45, 7) is 5.17. The largest absolute Gasteiger partial charge is 0.457 e. The van der Waals surface area contributed by atoms with E-state index in [0.717, 1.165) is 0 Å². The van der Waals surface area contributed by atoms with Gasteiger partial charge in [-0.25, -0.2) is 4.79 Å². The fourth-order valence-electron chi connectivity index (χ4n) is 2.00. The first-order valence-electron chi connectivity index (χ1n) is 6.07. The van der Waals surface area contributed by atoms with Crippen LogP contribution in [0, 0.1) is 5.92 Å². The number of hydrogen-bond donors (Lipinski definition) is 0. The van der Waals surface area contributed by atoms with Crippen LogP contribution in [-0.4, -0.2) is 17.7 Å². The molecule has 0 aromatic carbocycles. The molecular weight excluding hydrogens is 245 g/mol. The Balaban J connectivity index is 2.64. The van der Waals surface area contributed by atoms with Gasteiger partial charge in [0.1, 0.15) is 5.60 Å². The average molecular weight is 264 g/mol. The lowest BCUT2D eigenvalue weighted by Crippen LogP contribution is -2.27. The van der Waals surface area contributed by atoms with E-state index in [1.54, 1.807) is 20.8 Å². The van der Waals surface area contributed by atoms with E-state index in [-0.39, 0.29) is 12.8 Å². The molecule has 0 aliphatic heterocycles. The standard InChI is InChI=1S/C13H19F3O2/c1-12(2,3)18-11(17)8-9-5-4-6-10(7-9)13(14,15)16/h8,10H,4-7H2,1-3H3/b9-8+. The minimum atomic E-state index is -4.17. The molecular formula is C13H19F3O2. The van der Waals surface area contributed by atoms with Crippen LogP contribution in [0.4, 0.5) is 13.2 Å². The number of carbonyl (C=O) groups excluding carboxylic acids is 1. The first-order chi connectivity index (χ1) is 8.08. The molecule has 0 spiro atoms. The van der Waals surface area contributed by atoms with Crippen molar-refractivity contribution < 1.29 is 22.7 Å².